The molecule has 1 heterocycles. The van der Waals surface area contributed by atoms with Crippen LogP contribution in [0.2, 0.25) is 10.2 Å². The molecule has 0 unspecified atom stereocenters. The highest BCUT2D eigenvalue weighted by Crippen LogP contribution is 2.15. The van der Waals surface area contributed by atoms with Crippen molar-refractivity contribution in [3.8, 4) is 11.8 Å². The molecule has 1 aromatic rings. The van der Waals surface area contributed by atoms with Gasteiger partial charge in [0.15, 0.2) is 0 Å². The summed E-state index contributed by atoms with van der Waals surface area (Å²) >= 11 is 15.4. The van der Waals surface area contributed by atoms with Crippen molar-refractivity contribution in [2.45, 2.75) is 0 Å². The molecule has 0 aliphatic heterocycles. The Kier molecular flexibility index (Phi) is 3.74. The van der Waals surface area contributed by atoms with E-state index in [2.05, 4.69) is 29.5 Å². The largest absolute Gasteiger partial charge is 0.242 e. The van der Waals surface area contributed by atoms with Gasteiger partial charge in [0.25, 0.3) is 0 Å². The highest BCUT2D eigenvalue weighted by molar-refractivity contribution is 7.80. The van der Waals surface area contributed by atoms with Gasteiger partial charge in [-0.15, -0.1) is 0 Å². The number of halogens is 2. The van der Waals surface area contributed by atoms with Gasteiger partial charge in [-0.05, 0) is 6.07 Å². The van der Waals surface area contributed by atoms with Crippen molar-refractivity contribution in [1.29, 1.82) is 0 Å². The zero-order valence-electron chi connectivity index (χ0n) is 6.01. The molecule has 12 heavy (non-hydrogen) atoms. The molecule has 0 spiro atoms. The average Bonchev–Trinajstić information content (AvgIpc) is 2.07. The number of thiol groups is 1. The van der Waals surface area contributed by atoms with Crippen molar-refractivity contribution < 1.29 is 0 Å². The lowest BCUT2D eigenvalue weighted by atomic mass is 10.3. The van der Waals surface area contributed by atoms with Crippen molar-refractivity contribution in [2.24, 2.45) is 0 Å². The van der Waals surface area contributed by atoms with Crippen LogP contribution < -0.4 is 0 Å². The molecule has 0 aliphatic rings. The van der Waals surface area contributed by atoms with E-state index in [0.29, 0.717) is 21.5 Å². The standard InChI is InChI=1S/C8H5Cl2NS/c9-7-4-6(2-1-3-12)8(10)11-5-7/h4-5,12H,3H2. The Labute approximate surface area is 86.5 Å². The molecule has 0 N–H and O–H groups in total. The third-order valence-corrected chi connectivity index (χ3v) is 1.77. The molecule has 0 aliphatic carbocycles. The Morgan fingerprint density at radius 2 is 2.25 bits per heavy atom. The minimum absolute atomic E-state index is 0.369. The summed E-state index contributed by atoms with van der Waals surface area (Å²) in [6.07, 6.45) is 1.48. The molecular weight excluding hydrogens is 213 g/mol. The van der Waals surface area contributed by atoms with Gasteiger partial charge in [0.05, 0.1) is 16.3 Å². The molecule has 1 rings (SSSR count). The van der Waals surface area contributed by atoms with Gasteiger partial charge in [0.1, 0.15) is 5.15 Å². The molecule has 0 radical (unpaired) electrons. The second kappa shape index (κ2) is 4.61. The molecule has 0 saturated carbocycles. The summed E-state index contributed by atoms with van der Waals surface area (Å²) in [6, 6.07) is 1.67. The summed E-state index contributed by atoms with van der Waals surface area (Å²) in [6.45, 7) is 0. The molecule has 0 aromatic carbocycles. The maximum atomic E-state index is 5.73. The van der Waals surface area contributed by atoms with Gasteiger partial charge >= 0.3 is 0 Å². The number of hydrogen-bond acceptors (Lipinski definition) is 2. The Bertz CT molecular complexity index is 341. The highest BCUT2D eigenvalue weighted by atomic mass is 35.5. The quantitative estimate of drug-likeness (QED) is 0.401. The number of nitrogens with zero attached hydrogens (tertiary/aromatic N) is 1. The first-order valence-electron chi connectivity index (χ1n) is 3.15. The maximum Gasteiger partial charge on any atom is 0.144 e. The van der Waals surface area contributed by atoms with Gasteiger partial charge in [-0.1, -0.05) is 35.0 Å². The first-order valence-corrected chi connectivity index (χ1v) is 4.53. The SMILES string of the molecule is SCC#Cc1cc(Cl)cnc1Cl. The van der Waals surface area contributed by atoms with Crippen LogP contribution in [0.4, 0.5) is 0 Å². The number of rotatable bonds is 0. The first kappa shape index (κ1) is 9.73. The molecule has 1 aromatic heterocycles. The predicted octanol–water partition coefficient (Wildman–Crippen LogP) is 2.67. The average molecular weight is 218 g/mol. The van der Waals surface area contributed by atoms with Crippen molar-refractivity contribution >= 4 is 35.8 Å². The number of pyridine rings is 1. The summed E-state index contributed by atoms with van der Waals surface area (Å²) in [5.41, 5.74) is 0.637. The summed E-state index contributed by atoms with van der Waals surface area (Å²) in [7, 11) is 0. The van der Waals surface area contributed by atoms with Gasteiger partial charge in [-0.3, -0.25) is 0 Å². The maximum absolute atomic E-state index is 5.73. The van der Waals surface area contributed by atoms with Crippen molar-refractivity contribution in [3.63, 3.8) is 0 Å². The lowest BCUT2D eigenvalue weighted by Crippen LogP contribution is -1.81. The van der Waals surface area contributed by atoms with Gasteiger partial charge in [-0.2, -0.15) is 12.6 Å². The van der Waals surface area contributed by atoms with Crippen LogP contribution in [0, 0.1) is 11.8 Å². The normalized spacial score (nSPS) is 8.92. The molecule has 1 nitrogen and oxygen atoms in total. The fourth-order valence-corrected chi connectivity index (χ4v) is 1.03. The zero-order chi connectivity index (χ0) is 8.97. The van der Waals surface area contributed by atoms with E-state index in [1.54, 1.807) is 6.07 Å². The van der Waals surface area contributed by atoms with E-state index in [0.717, 1.165) is 0 Å². The fourth-order valence-electron chi connectivity index (χ4n) is 0.645. The van der Waals surface area contributed by atoms with Crippen LogP contribution in [-0.4, -0.2) is 10.7 Å². The van der Waals surface area contributed by atoms with E-state index in [9.17, 15) is 0 Å². The molecular formula is C8H5Cl2NS. The molecule has 0 atom stereocenters. The van der Waals surface area contributed by atoms with E-state index in [4.69, 9.17) is 23.2 Å². The Morgan fingerprint density at radius 3 is 2.92 bits per heavy atom. The highest BCUT2D eigenvalue weighted by Gasteiger charge is 1.98. The molecule has 0 bridgehead atoms. The lowest BCUT2D eigenvalue weighted by molar-refractivity contribution is 1.31. The van der Waals surface area contributed by atoms with E-state index in [1.165, 1.54) is 6.20 Å². The lowest BCUT2D eigenvalue weighted by Gasteiger charge is -1.94. The van der Waals surface area contributed by atoms with Crippen molar-refractivity contribution in [1.82, 2.24) is 4.98 Å². The van der Waals surface area contributed by atoms with E-state index in [1.807, 2.05) is 0 Å². The van der Waals surface area contributed by atoms with Crippen LogP contribution in [0.25, 0.3) is 0 Å². The van der Waals surface area contributed by atoms with Crippen LogP contribution in [0.3, 0.4) is 0 Å². The summed E-state index contributed by atoms with van der Waals surface area (Å²) in [5, 5.41) is 0.900. The smallest absolute Gasteiger partial charge is 0.144 e. The third-order valence-electron chi connectivity index (χ3n) is 1.11. The van der Waals surface area contributed by atoms with Gasteiger partial charge in [0, 0.05) is 6.20 Å². The predicted molar refractivity (Wildman–Crippen MR) is 55.0 cm³/mol. The van der Waals surface area contributed by atoms with Crippen molar-refractivity contribution in [3.05, 3.63) is 28.0 Å². The fraction of sp³-hybridized carbons (Fsp3) is 0.125. The molecule has 0 fully saturated rings. The Morgan fingerprint density at radius 1 is 1.50 bits per heavy atom. The number of aromatic nitrogens is 1. The minimum Gasteiger partial charge on any atom is -0.242 e. The Hall–Kier alpha value is -0.360. The van der Waals surface area contributed by atoms with E-state index < -0.39 is 0 Å². The minimum atomic E-state index is 0.369. The number of hydrogen-bond donors (Lipinski definition) is 1. The van der Waals surface area contributed by atoms with E-state index in [-0.39, 0.29) is 0 Å². The van der Waals surface area contributed by atoms with Gasteiger partial charge in [-0.25, -0.2) is 4.98 Å². The van der Waals surface area contributed by atoms with E-state index >= 15 is 0 Å². The summed E-state index contributed by atoms with van der Waals surface area (Å²) < 4.78 is 0. The third kappa shape index (κ3) is 2.60. The molecule has 4 heteroatoms. The Balaban J connectivity index is 3.05. The topological polar surface area (TPSA) is 12.9 Å². The first-order chi connectivity index (χ1) is 5.74. The molecule has 62 valence electrons. The second-order valence-electron chi connectivity index (χ2n) is 1.95. The van der Waals surface area contributed by atoms with Crippen molar-refractivity contribution in [2.75, 3.05) is 5.75 Å². The zero-order valence-corrected chi connectivity index (χ0v) is 8.42. The summed E-state index contributed by atoms with van der Waals surface area (Å²) in [4.78, 5) is 3.84. The van der Waals surface area contributed by atoms with Gasteiger partial charge < -0.3 is 0 Å². The van der Waals surface area contributed by atoms with Crippen LogP contribution in [0.1, 0.15) is 5.56 Å². The summed E-state index contributed by atoms with van der Waals surface area (Å²) in [5.74, 6) is 6.05. The van der Waals surface area contributed by atoms with Crippen LogP contribution >= 0.6 is 35.8 Å². The van der Waals surface area contributed by atoms with Crippen LogP contribution in [-0.2, 0) is 0 Å². The van der Waals surface area contributed by atoms with Crippen LogP contribution in [0.15, 0.2) is 12.3 Å². The van der Waals surface area contributed by atoms with Gasteiger partial charge in [0.2, 0.25) is 0 Å². The molecule has 0 amide bonds. The second-order valence-corrected chi connectivity index (χ2v) is 3.06. The monoisotopic (exact) mass is 217 g/mol. The van der Waals surface area contributed by atoms with Crippen LogP contribution in [0.5, 0.6) is 0 Å². The molecule has 0 saturated heterocycles.